The summed E-state index contributed by atoms with van der Waals surface area (Å²) in [6, 6.07) is 12.8. The molecule has 2 aromatic carbocycles. The minimum Gasteiger partial charge on any atom is -0.481 e. The van der Waals surface area contributed by atoms with E-state index in [1.807, 2.05) is 24.3 Å². The summed E-state index contributed by atoms with van der Waals surface area (Å²) in [5.74, 6) is -2.95. The molecular weight excluding hydrogens is 353 g/mol. The third kappa shape index (κ3) is 6.89. The Morgan fingerprint density at radius 1 is 0.852 bits per heavy atom. The molecule has 0 saturated heterocycles. The van der Waals surface area contributed by atoms with Crippen molar-refractivity contribution in [2.45, 2.75) is 31.7 Å². The van der Waals surface area contributed by atoms with Gasteiger partial charge in [0.25, 0.3) is 0 Å². The second kappa shape index (κ2) is 9.47. The van der Waals surface area contributed by atoms with Crippen molar-refractivity contribution in [1.29, 1.82) is 0 Å². The third-order valence-electron chi connectivity index (χ3n) is 3.97. The van der Waals surface area contributed by atoms with Gasteiger partial charge >= 0.3 is 11.9 Å². The number of carboxylic acids is 2. The van der Waals surface area contributed by atoms with Gasteiger partial charge in [-0.1, -0.05) is 36.4 Å². The lowest BCUT2D eigenvalue weighted by molar-refractivity contribution is -0.140. The van der Waals surface area contributed by atoms with Crippen LogP contribution in [-0.2, 0) is 20.8 Å². The molecule has 0 bridgehead atoms. The maximum Gasteiger partial charge on any atom is 0.305 e. The van der Waals surface area contributed by atoms with Gasteiger partial charge in [-0.3, -0.25) is 14.4 Å². The summed E-state index contributed by atoms with van der Waals surface area (Å²) in [6.07, 6.45) is -0.472. The van der Waals surface area contributed by atoms with Gasteiger partial charge in [0, 0.05) is 12.5 Å². The molecule has 0 fully saturated rings. The minimum atomic E-state index is -1.09. The average Bonchev–Trinajstić information content (AvgIpc) is 2.61. The molecule has 6 nitrogen and oxygen atoms in total. The van der Waals surface area contributed by atoms with E-state index in [1.54, 1.807) is 12.1 Å². The van der Waals surface area contributed by atoms with Gasteiger partial charge in [-0.05, 0) is 35.2 Å². The standard InChI is InChI=1S/C20H20FNO5/c21-16-7-5-15(6-8-16)14-3-1-13(2-4-14)11-17(12-20(26)27)22-18(23)9-10-19(24)25/h1-8,17H,9-12H2,(H,22,23)(H,24,25)(H,26,27)/t17-/m1/s1. The van der Waals surface area contributed by atoms with E-state index in [1.165, 1.54) is 12.1 Å². The number of halogens is 1. The molecular formula is C20H20FNO5. The quantitative estimate of drug-likeness (QED) is 0.627. The van der Waals surface area contributed by atoms with Gasteiger partial charge in [0.2, 0.25) is 5.91 Å². The number of carboxylic acid groups (broad SMARTS) is 2. The molecule has 0 spiro atoms. The summed E-state index contributed by atoms with van der Waals surface area (Å²) in [6.45, 7) is 0. The molecule has 1 atom stereocenters. The van der Waals surface area contributed by atoms with Gasteiger partial charge in [0.05, 0.1) is 12.8 Å². The second-order valence-electron chi connectivity index (χ2n) is 6.16. The van der Waals surface area contributed by atoms with Crippen molar-refractivity contribution in [3.8, 4) is 11.1 Å². The van der Waals surface area contributed by atoms with Gasteiger partial charge in [-0.25, -0.2) is 4.39 Å². The number of hydrogen-bond donors (Lipinski definition) is 3. The first kappa shape index (κ1) is 20.1. The molecule has 7 heteroatoms. The Labute approximate surface area is 155 Å². The first-order valence-corrected chi connectivity index (χ1v) is 8.41. The first-order valence-electron chi connectivity index (χ1n) is 8.41. The number of carbonyl (C=O) groups is 3. The van der Waals surface area contributed by atoms with Crippen molar-refractivity contribution in [3.63, 3.8) is 0 Å². The highest BCUT2D eigenvalue weighted by Crippen LogP contribution is 2.20. The molecule has 0 aromatic heterocycles. The molecule has 0 radical (unpaired) electrons. The van der Waals surface area contributed by atoms with Crippen molar-refractivity contribution in [3.05, 3.63) is 59.9 Å². The van der Waals surface area contributed by atoms with Crippen LogP contribution in [0.3, 0.4) is 0 Å². The van der Waals surface area contributed by atoms with Crippen LogP contribution in [0.1, 0.15) is 24.8 Å². The van der Waals surface area contributed by atoms with Gasteiger partial charge in [-0.15, -0.1) is 0 Å². The van der Waals surface area contributed by atoms with E-state index in [2.05, 4.69) is 5.32 Å². The topological polar surface area (TPSA) is 104 Å². The SMILES string of the molecule is O=C(O)CCC(=O)N[C@@H](CC(=O)O)Cc1ccc(-c2ccc(F)cc2)cc1. The monoisotopic (exact) mass is 373 g/mol. The first-order chi connectivity index (χ1) is 12.8. The number of hydrogen-bond acceptors (Lipinski definition) is 3. The zero-order valence-corrected chi connectivity index (χ0v) is 14.5. The molecule has 27 heavy (non-hydrogen) atoms. The second-order valence-corrected chi connectivity index (χ2v) is 6.16. The number of rotatable bonds is 9. The predicted octanol–water partition coefficient (Wildman–Crippen LogP) is 2.86. The Hall–Kier alpha value is -3.22. The van der Waals surface area contributed by atoms with Gasteiger partial charge in [0.15, 0.2) is 0 Å². The summed E-state index contributed by atoms with van der Waals surface area (Å²) in [7, 11) is 0. The number of benzene rings is 2. The fourth-order valence-corrected chi connectivity index (χ4v) is 2.67. The fourth-order valence-electron chi connectivity index (χ4n) is 2.67. The number of aliphatic carboxylic acids is 2. The number of carbonyl (C=O) groups excluding carboxylic acids is 1. The number of nitrogens with one attached hydrogen (secondary N) is 1. The van der Waals surface area contributed by atoms with E-state index < -0.39 is 23.9 Å². The molecule has 3 N–H and O–H groups in total. The van der Waals surface area contributed by atoms with E-state index >= 15 is 0 Å². The smallest absolute Gasteiger partial charge is 0.305 e. The zero-order valence-electron chi connectivity index (χ0n) is 14.5. The average molecular weight is 373 g/mol. The van der Waals surface area contributed by atoms with Crippen molar-refractivity contribution in [1.82, 2.24) is 5.32 Å². The van der Waals surface area contributed by atoms with Gasteiger partial charge in [0.1, 0.15) is 5.82 Å². The van der Waals surface area contributed by atoms with Crippen LogP contribution >= 0.6 is 0 Å². The molecule has 0 aliphatic rings. The molecule has 0 heterocycles. The van der Waals surface area contributed by atoms with E-state index in [0.29, 0.717) is 6.42 Å². The maximum atomic E-state index is 13.0. The van der Waals surface area contributed by atoms with Crippen molar-refractivity contribution >= 4 is 17.8 Å². The lowest BCUT2D eigenvalue weighted by Gasteiger charge is -2.17. The zero-order chi connectivity index (χ0) is 19.8. The van der Waals surface area contributed by atoms with E-state index in [4.69, 9.17) is 10.2 Å². The van der Waals surface area contributed by atoms with Crippen molar-refractivity contribution in [2.24, 2.45) is 0 Å². The summed E-state index contributed by atoms with van der Waals surface area (Å²) >= 11 is 0. The van der Waals surface area contributed by atoms with Gasteiger partial charge in [-0.2, -0.15) is 0 Å². The largest absolute Gasteiger partial charge is 0.481 e. The highest BCUT2D eigenvalue weighted by molar-refractivity contribution is 5.81. The Morgan fingerprint density at radius 2 is 1.41 bits per heavy atom. The van der Waals surface area contributed by atoms with Crippen LogP contribution in [0.25, 0.3) is 11.1 Å². The minimum absolute atomic E-state index is 0.199. The van der Waals surface area contributed by atoms with Crippen molar-refractivity contribution in [2.75, 3.05) is 0 Å². The van der Waals surface area contributed by atoms with Crippen LogP contribution in [0.4, 0.5) is 4.39 Å². The molecule has 0 aliphatic heterocycles. The number of amides is 1. The van der Waals surface area contributed by atoms with Crippen molar-refractivity contribution < 1.29 is 29.0 Å². The normalized spacial score (nSPS) is 11.6. The van der Waals surface area contributed by atoms with Crippen LogP contribution in [0.15, 0.2) is 48.5 Å². The molecule has 0 unspecified atom stereocenters. The summed E-state index contributed by atoms with van der Waals surface area (Å²) in [5, 5.41) is 20.2. The third-order valence-corrected chi connectivity index (χ3v) is 3.97. The van der Waals surface area contributed by atoms with E-state index in [0.717, 1.165) is 16.7 Å². The molecule has 0 aliphatic carbocycles. The Morgan fingerprint density at radius 3 is 1.93 bits per heavy atom. The molecule has 2 rings (SSSR count). The van der Waals surface area contributed by atoms with Crippen LogP contribution in [0, 0.1) is 5.82 Å². The van der Waals surface area contributed by atoms with E-state index in [-0.39, 0.29) is 25.1 Å². The molecule has 2 aromatic rings. The fraction of sp³-hybridized carbons (Fsp3) is 0.250. The lowest BCUT2D eigenvalue weighted by Crippen LogP contribution is -2.38. The van der Waals surface area contributed by atoms with Gasteiger partial charge < -0.3 is 15.5 Å². The Balaban J connectivity index is 2.03. The van der Waals surface area contributed by atoms with Crippen LogP contribution in [0.5, 0.6) is 0 Å². The maximum absolute atomic E-state index is 13.0. The van der Waals surface area contributed by atoms with Crippen LogP contribution in [-0.4, -0.2) is 34.1 Å². The Kier molecular flexibility index (Phi) is 7.05. The summed E-state index contributed by atoms with van der Waals surface area (Å²) < 4.78 is 13.0. The van der Waals surface area contributed by atoms with E-state index in [9.17, 15) is 18.8 Å². The summed E-state index contributed by atoms with van der Waals surface area (Å²) in [4.78, 5) is 33.4. The van der Waals surface area contributed by atoms with Crippen LogP contribution in [0.2, 0.25) is 0 Å². The van der Waals surface area contributed by atoms with Crippen LogP contribution < -0.4 is 5.32 Å². The Bertz CT molecular complexity index is 802. The highest BCUT2D eigenvalue weighted by atomic mass is 19.1. The molecule has 1 amide bonds. The molecule has 0 saturated carbocycles. The molecule has 142 valence electrons. The predicted molar refractivity (Wildman–Crippen MR) is 96.6 cm³/mol. The lowest BCUT2D eigenvalue weighted by atomic mass is 9.99. The summed E-state index contributed by atoms with van der Waals surface area (Å²) in [5.41, 5.74) is 2.57. The highest BCUT2D eigenvalue weighted by Gasteiger charge is 2.17.